The summed E-state index contributed by atoms with van der Waals surface area (Å²) in [6.07, 6.45) is 1.09. The highest BCUT2D eigenvalue weighted by Gasteiger charge is 2.29. The van der Waals surface area contributed by atoms with Gasteiger partial charge in [0.2, 0.25) is 0 Å². The Kier molecular flexibility index (Phi) is 4.67. The molecule has 0 saturated heterocycles. The van der Waals surface area contributed by atoms with E-state index in [0.717, 1.165) is 12.8 Å². The van der Waals surface area contributed by atoms with Crippen LogP contribution in [-0.2, 0) is 9.53 Å². The van der Waals surface area contributed by atoms with Gasteiger partial charge in [0.25, 0.3) is 5.91 Å². The Labute approximate surface area is 123 Å². The SMILES string of the molecule is COc1cccc(OC)c1C(=O)O[C@@H](C)C(=O)NC1CC1. The van der Waals surface area contributed by atoms with E-state index in [1.807, 2.05) is 0 Å². The molecule has 1 aliphatic carbocycles. The molecule has 1 aromatic carbocycles. The van der Waals surface area contributed by atoms with Crippen molar-refractivity contribution in [2.45, 2.75) is 31.9 Å². The first-order valence-electron chi connectivity index (χ1n) is 6.79. The molecule has 0 aromatic heterocycles. The molecule has 1 atom stereocenters. The smallest absolute Gasteiger partial charge is 0.346 e. The van der Waals surface area contributed by atoms with Crippen molar-refractivity contribution in [2.75, 3.05) is 14.2 Å². The Hall–Kier alpha value is -2.24. The van der Waals surface area contributed by atoms with Crippen molar-refractivity contribution in [1.82, 2.24) is 5.32 Å². The molecule has 1 amide bonds. The van der Waals surface area contributed by atoms with Gasteiger partial charge >= 0.3 is 5.97 Å². The van der Waals surface area contributed by atoms with E-state index < -0.39 is 12.1 Å². The van der Waals surface area contributed by atoms with E-state index >= 15 is 0 Å². The largest absolute Gasteiger partial charge is 0.496 e. The minimum Gasteiger partial charge on any atom is -0.496 e. The number of methoxy groups -OCH3 is 2. The summed E-state index contributed by atoms with van der Waals surface area (Å²) in [5.74, 6) is -0.259. The van der Waals surface area contributed by atoms with Gasteiger partial charge in [-0.15, -0.1) is 0 Å². The van der Waals surface area contributed by atoms with Crippen LogP contribution < -0.4 is 14.8 Å². The first kappa shape index (κ1) is 15.2. The van der Waals surface area contributed by atoms with Crippen molar-refractivity contribution in [2.24, 2.45) is 0 Å². The number of ether oxygens (including phenoxy) is 3. The zero-order valence-corrected chi connectivity index (χ0v) is 12.3. The van der Waals surface area contributed by atoms with Gasteiger partial charge in [-0.25, -0.2) is 4.79 Å². The van der Waals surface area contributed by atoms with E-state index in [-0.39, 0.29) is 17.5 Å². The van der Waals surface area contributed by atoms with Gasteiger partial charge in [0.15, 0.2) is 6.10 Å². The molecule has 0 radical (unpaired) electrons. The standard InChI is InChI=1S/C15H19NO5/c1-9(14(17)16-10-7-8-10)21-15(18)13-11(19-2)5-4-6-12(13)20-3/h4-6,9-10H,7-8H2,1-3H3,(H,16,17)/t9-/m0/s1. The highest BCUT2D eigenvalue weighted by atomic mass is 16.6. The van der Waals surface area contributed by atoms with Crippen molar-refractivity contribution >= 4 is 11.9 Å². The second kappa shape index (κ2) is 6.47. The number of nitrogens with one attached hydrogen (secondary N) is 1. The van der Waals surface area contributed by atoms with Crippen LogP contribution in [0.2, 0.25) is 0 Å². The lowest BCUT2D eigenvalue weighted by atomic mass is 10.1. The molecule has 6 nitrogen and oxygen atoms in total. The average molecular weight is 293 g/mol. The predicted octanol–water partition coefficient (Wildman–Crippen LogP) is 1.53. The quantitative estimate of drug-likeness (QED) is 0.805. The number of carbonyl (C=O) groups excluding carboxylic acids is 2. The second-order valence-corrected chi connectivity index (χ2v) is 4.87. The van der Waals surface area contributed by atoms with Gasteiger partial charge in [-0.2, -0.15) is 0 Å². The van der Waals surface area contributed by atoms with Crippen LogP contribution in [0.1, 0.15) is 30.1 Å². The molecule has 0 heterocycles. The highest BCUT2D eigenvalue weighted by molar-refractivity contribution is 5.97. The number of amides is 1. The lowest BCUT2D eigenvalue weighted by Gasteiger charge is -2.16. The Morgan fingerprint density at radius 1 is 1.19 bits per heavy atom. The number of hydrogen-bond acceptors (Lipinski definition) is 5. The fraction of sp³-hybridized carbons (Fsp3) is 0.467. The fourth-order valence-electron chi connectivity index (χ4n) is 1.87. The molecule has 1 aromatic rings. The minimum absolute atomic E-state index is 0.175. The molecule has 0 bridgehead atoms. The lowest BCUT2D eigenvalue weighted by Crippen LogP contribution is -2.37. The first-order valence-corrected chi connectivity index (χ1v) is 6.79. The van der Waals surface area contributed by atoms with Gasteiger partial charge in [-0.3, -0.25) is 4.79 Å². The van der Waals surface area contributed by atoms with Crippen molar-refractivity contribution < 1.29 is 23.8 Å². The molecule has 6 heteroatoms. The van der Waals surface area contributed by atoms with E-state index in [0.29, 0.717) is 11.5 Å². The van der Waals surface area contributed by atoms with E-state index in [2.05, 4.69) is 5.32 Å². The number of benzene rings is 1. The molecule has 0 unspecified atom stereocenters. The molecule has 1 N–H and O–H groups in total. The molecule has 1 saturated carbocycles. The van der Waals surface area contributed by atoms with E-state index in [9.17, 15) is 9.59 Å². The van der Waals surface area contributed by atoms with Crippen LogP contribution in [0.15, 0.2) is 18.2 Å². The van der Waals surface area contributed by atoms with Gasteiger partial charge < -0.3 is 19.5 Å². The predicted molar refractivity (Wildman–Crippen MR) is 75.6 cm³/mol. The number of hydrogen-bond donors (Lipinski definition) is 1. The topological polar surface area (TPSA) is 73.9 Å². The summed E-state index contributed by atoms with van der Waals surface area (Å²) >= 11 is 0. The van der Waals surface area contributed by atoms with Crippen molar-refractivity contribution in [3.05, 3.63) is 23.8 Å². The fourth-order valence-corrected chi connectivity index (χ4v) is 1.87. The van der Waals surface area contributed by atoms with Crippen LogP contribution in [0.25, 0.3) is 0 Å². The summed E-state index contributed by atoms with van der Waals surface area (Å²) in [6, 6.07) is 5.19. The van der Waals surface area contributed by atoms with Crippen LogP contribution in [-0.4, -0.2) is 38.2 Å². The van der Waals surface area contributed by atoms with Crippen molar-refractivity contribution in [3.63, 3.8) is 0 Å². The molecule has 0 spiro atoms. The Bertz CT molecular complexity index is 517. The number of rotatable bonds is 6. The summed E-state index contributed by atoms with van der Waals surface area (Å²) in [5, 5.41) is 2.79. The Morgan fingerprint density at radius 2 is 1.76 bits per heavy atom. The lowest BCUT2D eigenvalue weighted by molar-refractivity contribution is -0.129. The second-order valence-electron chi connectivity index (χ2n) is 4.87. The summed E-state index contributed by atoms with van der Waals surface area (Å²) in [6.45, 7) is 1.54. The Morgan fingerprint density at radius 3 is 2.24 bits per heavy atom. The molecule has 21 heavy (non-hydrogen) atoms. The van der Waals surface area contributed by atoms with Crippen LogP contribution in [0.3, 0.4) is 0 Å². The summed E-state index contributed by atoms with van der Waals surface area (Å²) in [5.41, 5.74) is 0.175. The molecule has 1 fully saturated rings. The number of esters is 1. The third-order valence-corrected chi connectivity index (χ3v) is 3.21. The summed E-state index contributed by atoms with van der Waals surface area (Å²) in [7, 11) is 2.91. The van der Waals surface area contributed by atoms with Gasteiger partial charge in [-0.05, 0) is 31.9 Å². The van der Waals surface area contributed by atoms with Gasteiger partial charge in [0.05, 0.1) is 14.2 Å². The van der Waals surface area contributed by atoms with Crippen LogP contribution in [0, 0.1) is 0 Å². The normalized spacial score (nSPS) is 15.0. The van der Waals surface area contributed by atoms with E-state index in [1.54, 1.807) is 18.2 Å². The molecule has 1 aliphatic rings. The van der Waals surface area contributed by atoms with E-state index in [4.69, 9.17) is 14.2 Å². The van der Waals surface area contributed by atoms with Crippen LogP contribution >= 0.6 is 0 Å². The average Bonchev–Trinajstić information content (AvgIpc) is 3.29. The maximum absolute atomic E-state index is 12.3. The van der Waals surface area contributed by atoms with Gasteiger partial charge in [0.1, 0.15) is 17.1 Å². The molecular weight excluding hydrogens is 274 g/mol. The molecule has 0 aliphatic heterocycles. The summed E-state index contributed by atoms with van der Waals surface area (Å²) < 4.78 is 15.5. The van der Waals surface area contributed by atoms with Crippen LogP contribution in [0.5, 0.6) is 11.5 Å². The summed E-state index contributed by atoms with van der Waals surface area (Å²) in [4.78, 5) is 24.1. The van der Waals surface area contributed by atoms with E-state index in [1.165, 1.54) is 21.1 Å². The maximum Gasteiger partial charge on any atom is 0.346 e. The zero-order valence-electron chi connectivity index (χ0n) is 12.3. The first-order chi connectivity index (χ1) is 10.1. The van der Waals surface area contributed by atoms with Crippen LogP contribution in [0.4, 0.5) is 0 Å². The molecule has 2 rings (SSSR count). The van der Waals surface area contributed by atoms with Gasteiger partial charge in [0, 0.05) is 6.04 Å². The van der Waals surface area contributed by atoms with Crippen molar-refractivity contribution in [3.8, 4) is 11.5 Å². The maximum atomic E-state index is 12.3. The molecular formula is C15H19NO5. The third kappa shape index (κ3) is 3.65. The van der Waals surface area contributed by atoms with Gasteiger partial charge in [-0.1, -0.05) is 6.07 Å². The number of carbonyl (C=O) groups is 2. The third-order valence-electron chi connectivity index (χ3n) is 3.21. The highest BCUT2D eigenvalue weighted by Crippen LogP contribution is 2.29. The zero-order chi connectivity index (χ0) is 15.4. The molecule has 114 valence electrons. The minimum atomic E-state index is -0.868. The van der Waals surface area contributed by atoms with Crippen molar-refractivity contribution in [1.29, 1.82) is 0 Å². The Balaban J connectivity index is 2.10. The monoisotopic (exact) mass is 293 g/mol.